The van der Waals surface area contributed by atoms with E-state index in [0.717, 1.165) is 18.4 Å². The normalized spacial score (nSPS) is 10.3. The van der Waals surface area contributed by atoms with Crippen molar-refractivity contribution < 1.29 is 9.59 Å². The summed E-state index contributed by atoms with van der Waals surface area (Å²) >= 11 is 0. The Bertz CT molecular complexity index is 632. The predicted octanol–water partition coefficient (Wildman–Crippen LogP) is 3.25. The van der Waals surface area contributed by atoms with Crippen molar-refractivity contribution >= 4 is 11.7 Å². The van der Waals surface area contributed by atoms with E-state index in [1.165, 1.54) is 11.1 Å². The summed E-state index contributed by atoms with van der Waals surface area (Å²) in [6, 6.07) is 18.2. The Kier molecular flexibility index (Phi) is 6.55. The standard InChI is InChI=1S/C20H23NO2/c1-16-10-12-18(13-11-16)14-15-21-20(23)19(22)9-5-8-17-6-3-2-4-7-17/h2-4,6-7,10-13H,5,8-9,14-15H2,1H3,(H,21,23). The Hall–Kier alpha value is -2.42. The molecule has 0 aliphatic heterocycles. The molecular formula is C20H23NO2. The van der Waals surface area contributed by atoms with Gasteiger partial charge >= 0.3 is 0 Å². The van der Waals surface area contributed by atoms with Gasteiger partial charge in [0.2, 0.25) is 5.78 Å². The molecule has 0 saturated heterocycles. The zero-order chi connectivity index (χ0) is 16.5. The van der Waals surface area contributed by atoms with Gasteiger partial charge in [-0.05, 0) is 37.3 Å². The highest BCUT2D eigenvalue weighted by molar-refractivity contribution is 6.36. The monoisotopic (exact) mass is 309 g/mol. The molecule has 2 aromatic rings. The van der Waals surface area contributed by atoms with Crippen molar-refractivity contribution in [2.24, 2.45) is 0 Å². The number of hydrogen-bond donors (Lipinski definition) is 1. The molecular weight excluding hydrogens is 286 g/mol. The van der Waals surface area contributed by atoms with Crippen molar-refractivity contribution in [1.82, 2.24) is 5.32 Å². The Balaban J connectivity index is 1.64. The third-order valence-corrected chi connectivity index (χ3v) is 3.79. The van der Waals surface area contributed by atoms with Crippen molar-refractivity contribution in [3.05, 3.63) is 71.3 Å². The second-order valence-electron chi connectivity index (χ2n) is 5.75. The minimum atomic E-state index is -0.467. The lowest BCUT2D eigenvalue weighted by Crippen LogP contribution is -2.32. The van der Waals surface area contributed by atoms with Crippen LogP contribution >= 0.6 is 0 Å². The van der Waals surface area contributed by atoms with Crippen molar-refractivity contribution in [1.29, 1.82) is 0 Å². The molecule has 0 heterocycles. The molecule has 3 heteroatoms. The fourth-order valence-corrected chi connectivity index (χ4v) is 2.38. The fraction of sp³-hybridized carbons (Fsp3) is 0.300. The molecule has 23 heavy (non-hydrogen) atoms. The molecule has 1 amide bonds. The summed E-state index contributed by atoms with van der Waals surface area (Å²) in [4.78, 5) is 23.6. The first-order valence-corrected chi connectivity index (χ1v) is 8.05. The Morgan fingerprint density at radius 2 is 1.52 bits per heavy atom. The zero-order valence-electron chi connectivity index (χ0n) is 13.5. The summed E-state index contributed by atoms with van der Waals surface area (Å²) in [6.45, 7) is 2.53. The highest BCUT2D eigenvalue weighted by atomic mass is 16.2. The van der Waals surface area contributed by atoms with E-state index in [0.29, 0.717) is 19.4 Å². The summed E-state index contributed by atoms with van der Waals surface area (Å²) in [5.41, 5.74) is 3.57. The molecule has 0 aliphatic carbocycles. The molecule has 0 saturated carbocycles. The van der Waals surface area contributed by atoms with Gasteiger partial charge in [-0.2, -0.15) is 0 Å². The third kappa shape index (κ3) is 6.07. The van der Waals surface area contributed by atoms with Crippen LogP contribution in [0.15, 0.2) is 54.6 Å². The van der Waals surface area contributed by atoms with Crippen LogP contribution in [0.25, 0.3) is 0 Å². The number of hydrogen-bond acceptors (Lipinski definition) is 2. The number of amides is 1. The van der Waals surface area contributed by atoms with Crippen LogP contribution in [0, 0.1) is 6.92 Å². The lowest BCUT2D eigenvalue weighted by Gasteiger charge is -2.05. The molecule has 0 fully saturated rings. The third-order valence-electron chi connectivity index (χ3n) is 3.79. The van der Waals surface area contributed by atoms with Gasteiger partial charge in [0.1, 0.15) is 0 Å². The number of nitrogens with one attached hydrogen (secondary N) is 1. The van der Waals surface area contributed by atoms with Gasteiger partial charge in [-0.3, -0.25) is 9.59 Å². The van der Waals surface area contributed by atoms with Gasteiger partial charge in [-0.1, -0.05) is 60.2 Å². The van der Waals surface area contributed by atoms with Gasteiger partial charge in [0.25, 0.3) is 5.91 Å². The maximum absolute atomic E-state index is 11.8. The van der Waals surface area contributed by atoms with E-state index in [2.05, 4.69) is 5.32 Å². The molecule has 0 bridgehead atoms. The largest absolute Gasteiger partial charge is 0.349 e. The van der Waals surface area contributed by atoms with E-state index in [1.807, 2.05) is 61.5 Å². The number of benzene rings is 2. The average molecular weight is 309 g/mol. The first-order valence-electron chi connectivity index (χ1n) is 8.05. The summed E-state index contributed by atoms with van der Waals surface area (Å²) in [5, 5.41) is 2.71. The highest BCUT2D eigenvalue weighted by Crippen LogP contribution is 2.05. The molecule has 3 nitrogen and oxygen atoms in total. The van der Waals surface area contributed by atoms with Crippen LogP contribution < -0.4 is 5.32 Å². The molecule has 0 spiro atoms. The number of rotatable bonds is 8. The van der Waals surface area contributed by atoms with Crippen molar-refractivity contribution in [3.63, 3.8) is 0 Å². The van der Waals surface area contributed by atoms with Crippen LogP contribution in [-0.2, 0) is 22.4 Å². The number of Topliss-reactive ketones (excluding diaryl/α,β-unsaturated/α-hetero) is 1. The summed E-state index contributed by atoms with van der Waals surface area (Å²) in [5.74, 6) is -0.796. The van der Waals surface area contributed by atoms with Crippen LogP contribution in [0.5, 0.6) is 0 Å². The van der Waals surface area contributed by atoms with E-state index in [9.17, 15) is 9.59 Å². The Morgan fingerprint density at radius 1 is 0.870 bits per heavy atom. The molecule has 0 aliphatic rings. The number of ketones is 1. The lowest BCUT2D eigenvalue weighted by atomic mass is 10.1. The SMILES string of the molecule is Cc1ccc(CCNC(=O)C(=O)CCCc2ccccc2)cc1. The molecule has 0 unspecified atom stereocenters. The van der Waals surface area contributed by atoms with E-state index in [1.54, 1.807) is 0 Å². The van der Waals surface area contributed by atoms with Crippen LogP contribution in [-0.4, -0.2) is 18.2 Å². The van der Waals surface area contributed by atoms with Crippen LogP contribution in [0.4, 0.5) is 0 Å². The summed E-state index contributed by atoms with van der Waals surface area (Å²) in [7, 11) is 0. The second-order valence-corrected chi connectivity index (χ2v) is 5.75. The zero-order valence-corrected chi connectivity index (χ0v) is 13.5. The van der Waals surface area contributed by atoms with Gasteiger partial charge in [0.15, 0.2) is 0 Å². The molecule has 1 N–H and O–H groups in total. The smallest absolute Gasteiger partial charge is 0.287 e. The molecule has 120 valence electrons. The van der Waals surface area contributed by atoms with Crippen LogP contribution in [0.2, 0.25) is 0 Å². The Morgan fingerprint density at radius 3 is 2.22 bits per heavy atom. The van der Waals surface area contributed by atoms with E-state index in [-0.39, 0.29) is 5.78 Å². The first kappa shape index (κ1) is 16.9. The topological polar surface area (TPSA) is 46.2 Å². The van der Waals surface area contributed by atoms with E-state index < -0.39 is 5.91 Å². The molecule has 0 atom stereocenters. The summed E-state index contributed by atoms with van der Waals surface area (Å²) in [6.07, 6.45) is 2.56. The highest BCUT2D eigenvalue weighted by Gasteiger charge is 2.12. The lowest BCUT2D eigenvalue weighted by molar-refractivity contribution is -0.137. The maximum atomic E-state index is 11.8. The van der Waals surface area contributed by atoms with Crippen molar-refractivity contribution in [2.45, 2.75) is 32.6 Å². The second kappa shape index (κ2) is 8.89. The number of aryl methyl sites for hydroxylation is 2. The van der Waals surface area contributed by atoms with Gasteiger partial charge < -0.3 is 5.32 Å². The van der Waals surface area contributed by atoms with E-state index >= 15 is 0 Å². The van der Waals surface area contributed by atoms with Gasteiger partial charge in [-0.15, -0.1) is 0 Å². The quantitative estimate of drug-likeness (QED) is 0.761. The molecule has 0 radical (unpaired) electrons. The summed E-state index contributed by atoms with van der Waals surface area (Å²) < 4.78 is 0. The van der Waals surface area contributed by atoms with Gasteiger partial charge in [0, 0.05) is 13.0 Å². The van der Waals surface area contributed by atoms with Gasteiger partial charge in [-0.25, -0.2) is 0 Å². The molecule has 2 aromatic carbocycles. The van der Waals surface area contributed by atoms with Crippen molar-refractivity contribution in [2.75, 3.05) is 6.54 Å². The van der Waals surface area contributed by atoms with Crippen LogP contribution in [0.3, 0.4) is 0 Å². The number of carbonyl (C=O) groups excluding carboxylic acids is 2. The maximum Gasteiger partial charge on any atom is 0.287 e. The van der Waals surface area contributed by atoms with Gasteiger partial charge in [0.05, 0.1) is 0 Å². The minimum Gasteiger partial charge on any atom is -0.349 e. The average Bonchev–Trinajstić information content (AvgIpc) is 2.57. The van der Waals surface area contributed by atoms with Crippen molar-refractivity contribution in [3.8, 4) is 0 Å². The molecule has 2 rings (SSSR count). The predicted molar refractivity (Wildman–Crippen MR) is 92.3 cm³/mol. The van der Waals surface area contributed by atoms with E-state index in [4.69, 9.17) is 0 Å². The van der Waals surface area contributed by atoms with Crippen LogP contribution in [0.1, 0.15) is 29.5 Å². The fourth-order valence-electron chi connectivity index (χ4n) is 2.38. The Labute approximate surface area is 137 Å². The minimum absolute atomic E-state index is 0.297. The number of carbonyl (C=O) groups is 2. The molecule has 0 aromatic heterocycles. The first-order chi connectivity index (χ1) is 11.1.